The molecular weight excluding hydrogens is 232 g/mol. The van der Waals surface area contributed by atoms with Gasteiger partial charge in [0.15, 0.2) is 0 Å². The van der Waals surface area contributed by atoms with Gasteiger partial charge in [0.2, 0.25) is 0 Å². The molecule has 0 aliphatic carbocycles. The quantitative estimate of drug-likeness (QED) is 0.649. The van der Waals surface area contributed by atoms with E-state index in [4.69, 9.17) is 15.2 Å². The van der Waals surface area contributed by atoms with Gasteiger partial charge in [-0.2, -0.15) is 0 Å². The summed E-state index contributed by atoms with van der Waals surface area (Å²) in [5, 5.41) is 0. The number of carbonyl (C=O) groups excluding carboxylic acids is 1. The van der Waals surface area contributed by atoms with E-state index >= 15 is 0 Å². The smallest absolute Gasteiger partial charge is 0.325 e. The number of hydrogen-bond donors (Lipinski definition) is 1. The molecule has 1 heterocycles. The van der Waals surface area contributed by atoms with E-state index in [0.717, 1.165) is 17.9 Å². The van der Waals surface area contributed by atoms with Crippen LogP contribution >= 0.6 is 0 Å². The first-order valence-electron chi connectivity index (χ1n) is 6.02. The molecule has 0 bridgehead atoms. The van der Waals surface area contributed by atoms with Crippen molar-refractivity contribution in [3.05, 3.63) is 18.2 Å². The summed E-state index contributed by atoms with van der Waals surface area (Å²) in [6.45, 7) is 2.97. The lowest BCUT2D eigenvalue weighted by atomic mass is 10.1. The molecule has 5 nitrogen and oxygen atoms in total. The molecule has 1 atom stereocenters. The number of anilines is 2. The zero-order valence-corrected chi connectivity index (χ0v) is 10.7. The minimum Gasteiger partial charge on any atom is -0.486 e. The van der Waals surface area contributed by atoms with Gasteiger partial charge in [-0.05, 0) is 18.6 Å². The summed E-state index contributed by atoms with van der Waals surface area (Å²) >= 11 is 0. The maximum Gasteiger partial charge on any atom is 0.325 e. The maximum atomic E-state index is 11.4. The Morgan fingerprint density at radius 2 is 2.39 bits per heavy atom. The van der Waals surface area contributed by atoms with Crippen molar-refractivity contribution in [3.63, 3.8) is 0 Å². The molecule has 0 saturated carbocycles. The van der Waals surface area contributed by atoms with E-state index in [9.17, 15) is 4.79 Å². The Balaban J connectivity index is 2.28. The highest BCUT2D eigenvalue weighted by Crippen LogP contribution is 2.35. The minimum absolute atomic E-state index is 0.0731. The Kier molecular flexibility index (Phi) is 3.60. The monoisotopic (exact) mass is 250 g/mol. The standard InChI is InChI=1S/C13H18N2O3/c1-3-10-7-15(8-13(16)17-2)11-5-4-9(14)6-12(11)18-10/h4-6,10H,3,7-8,14H2,1-2H3. The van der Waals surface area contributed by atoms with Crippen LogP contribution in [-0.2, 0) is 9.53 Å². The van der Waals surface area contributed by atoms with Crippen molar-refractivity contribution in [3.8, 4) is 5.75 Å². The molecule has 0 fully saturated rings. The number of nitrogens with zero attached hydrogens (tertiary/aromatic N) is 1. The predicted molar refractivity (Wildman–Crippen MR) is 69.8 cm³/mol. The number of nitrogens with two attached hydrogens (primary N) is 1. The van der Waals surface area contributed by atoms with Crippen LogP contribution in [0, 0.1) is 0 Å². The van der Waals surface area contributed by atoms with Crippen LogP contribution in [-0.4, -0.2) is 32.3 Å². The van der Waals surface area contributed by atoms with Gasteiger partial charge in [0.25, 0.3) is 0 Å². The second-order valence-electron chi connectivity index (χ2n) is 4.33. The third-order valence-electron chi connectivity index (χ3n) is 3.05. The second-order valence-corrected chi connectivity index (χ2v) is 4.33. The van der Waals surface area contributed by atoms with Crippen molar-refractivity contribution in [1.29, 1.82) is 0 Å². The SMILES string of the molecule is CCC1CN(CC(=O)OC)c2ccc(N)cc2O1. The Hall–Kier alpha value is -1.91. The van der Waals surface area contributed by atoms with Gasteiger partial charge in [-0.25, -0.2) is 0 Å². The van der Waals surface area contributed by atoms with Crippen molar-refractivity contribution in [2.45, 2.75) is 19.4 Å². The number of esters is 1. The Labute approximate surface area is 106 Å². The normalized spacial score (nSPS) is 17.9. The van der Waals surface area contributed by atoms with Crippen molar-refractivity contribution >= 4 is 17.3 Å². The average Bonchev–Trinajstić information content (AvgIpc) is 2.37. The van der Waals surface area contributed by atoms with Gasteiger partial charge in [0.1, 0.15) is 18.4 Å². The first-order chi connectivity index (χ1) is 8.63. The zero-order valence-electron chi connectivity index (χ0n) is 10.7. The van der Waals surface area contributed by atoms with E-state index in [-0.39, 0.29) is 18.6 Å². The van der Waals surface area contributed by atoms with Crippen molar-refractivity contribution in [2.75, 3.05) is 30.8 Å². The predicted octanol–water partition coefficient (Wildman–Crippen LogP) is 1.42. The van der Waals surface area contributed by atoms with E-state index in [2.05, 4.69) is 6.92 Å². The lowest BCUT2D eigenvalue weighted by Crippen LogP contribution is -2.42. The summed E-state index contributed by atoms with van der Waals surface area (Å²) in [4.78, 5) is 13.4. The molecule has 1 aliphatic rings. The van der Waals surface area contributed by atoms with Crippen molar-refractivity contribution < 1.29 is 14.3 Å². The maximum absolute atomic E-state index is 11.4. The summed E-state index contributed by atoms with van der Waals surface area (Å²) in [6.07, 6.45) is 0.954. The van der Waals surface area contributed by atoms with Crippen LogP contribution in [0.1, 0.15) is 13.3 Å². The number of nitrogen functional groups attached to an aromatic ring is 1. The third-order valence-corrected chi connectivity index (χ3v) is 3.05. The Bertz CT molecular complexity index is 448. The van der Waals surface area contributed by atoms with Gasteiger partial charge in [0, 0.05) is 11.8 Å². The number of fused-ring (bicyclic) bond motifs is 1. The summed E-state index contributed by atoms with van der Waals surface area (Å²) in [5.74, 6) is 0.478. The number of benzene rings is 1. The molecule has 1 unspecified atom stereocenters. The van der Waals surface area contributed by atoms with Crippen molar-refractivity contribution in [1.82, 2.24) is 0 Å². The van der Waals surface area contributed by atoms with E-state index in [1.165, 1.54) is 7.11 Å². The molecule has 2 rings (SSSR count). The van der Waals surface area contributed by atoms with Gasteiger partial charge < -0.3 is 20.1 Å². The first kappa shape index (κ1) is 12.5. The molecule has 1 aromatic rings. The van der Waals surface area contributed by atoms with Gasteiger partial charge >= 0.3 is 5.97 Å². The van der Waals surface area contributed by atoms with Crippen LogP contribution in [0.25, 0.3) is 0 Å². The van der Waals surface area contributed by atoms with Crippen LogP contribution in [0.4, 0.5) is 11.4 Å². The third kappa shape index (κ3) is 2.50. The highest BCUT2D eigenvalue weighted by atomic mass is 16.5. The van der Waals surface area contributed by atoms with Crippen LogP contribution in [0.5, 0.6) is 5.75 Å². The minimum atomic E-state index is -0.255. The summed E-state index contributed by atoms with van der Waals surface area (Å²) in [5.41, 5.74) is 7.30. The molecule has 0 spiro atoms. The average molecular weight is 250 g/mol. The number of carbonyl (C=O) groups is 1. The van der Waals surface area contributed by atoms with Gasteiger partial charge in [0.05, 0.1) is 19.3 Å². The number of methoxy groups -OCH3 is 1. The zero-order chi connectivity index (χ0) is 13.1. The number of hydrogen-bond acceptors (Lipinski definition) is 5. The topological polar surface area (TPSA) is 64.8 Å². The molecule has 1 aromatic carbocycles. The summed E-state index contributed by atoms with van der Waals surface area (Å²) in [7, 11) is 1.39. The molecule has 0 radical (unpaired) electrons. The molecule has 5 heteroatoms. The van der Waals surface area contributed by atoms with E-state index in [1.807, 2.05) is 11.0 Å². The molecule has 0 saturated heterocycles. The molecule has 98 valence electrons. The fourth-order valence-electron chi connectivity index (χ4n) is 2.03. The van der Waals surface area contributed by atoms with Crippen LogP contribution in [0.15, 0.2) is 18.2 Å². The Morgan fingerprint density at radius 1 is 1.61 bits per heavy atom. The fourth-order valence-corrected chi connectivity index (χ4v) is 2.03. The first-order valence-corrected chi connectivity index (χ1v) is 6.02. The van der Waals surface area contributed by atoms with Gasteiger partial charge in [-0.15, -0.1) is 0 Å². The summed E-state index contributed by atoms with van der Waals surface area (Å²) in [6, 6.07) is 5.47. The van der Waals surface area contributed by atoms with Gasteiger partial charge in [-0.3, -0.25) is 4.79 Å². The molecule has 0 aromatic heterocycles. The molecule has 0 amide bonds. The number of rotatable bonds is 3. The lowest BCUT2D eigenvalue weighted by molar-refractivity contribution is -0.139. The highest BCUT2D eigenvalue weighted by Gasteiger charge is 2.26. The van der Waals surface area contributed by atoms with Crippen LogP contribution in [0.3, 0.4) is 0 Å². The van der Waals surface area contributed by atoms with Crippen molar-refractivity contribution in [2.24, 2.45) is 0 Å². The van der Waals surface area contributed by atoms with E-state index in [1.54, 1.807) is 12.1 Å². The van der Waals surface area contributed by atoms with E-state index in [0.29, 0.717) is 12.2 Å². The molecule has 2 N–H and O–H groups in total. The Morgan fingerprint density at radius 3 is 3.06 bits per heavy atom. The molecule has 1 aliphatic heterocycles. The van der Waals surface area contributed by atoms with E-state index < -0.39 is 0 Å². The largest absolute Gasteiger partial charge is 0.486 e. The molecular formula is C13H18N2O3. The van der Waals surface area contributed by atoms with Gasteiger partial charge in [-0.1, -0.05) is 6.92 Å². The lowest BCUT2D eigenvalue weighted by Gasteiger charge is -2.35. The van der Waals surface area contributed by atoms with Crippen LogP contribution in [0.2, 0.25) is 0 Å². The number of ether oxygens (including phenoxy) is 2. The molecule has 18 heavy (non-hydrogen) atoms. The van der Waals surface area contributed by atoms with Crippen LogP contribution < -0.4 is 15.4 Å². The fraction of sp³-hybridized carbons (Fsp3) is 0.462. The summed E-state index contributed by atoms with van der Waals surface area (Å²) < 4.78 is 10.5. The highest BCUT2D eigenvalue weighted by molar-refractivity contribution is 5.78. The second kappa shape index (κ2) is 5.16.